The summed E-state index contributed by atoms with van der Waals surface area (Å²) in [6.45, 7) is 6.27. The lowest BCUT2D eigenvalue weighted by Crippen LogP contribution is -1.93. The minimum absolute atomic E-state index is 0.425. The molecule has 4 nitrogen and oxygen atoms in total. The molecule has 0 saturated carbocycles. The second kappa shape index (κ2) is 3.90. The Morgan fingerprint density at radius 2 is 2.47 bits per heavy atom. The fourth-order valence-corrected chi connectivity index (χ4v) is 1.43. The van der Waals surface area contributed by atoms with Gasteiger partial charge < -0.3 is 4.74 Å². The average molecular weight is 224 g/mol. The number of nitrogens with zero attached hydrogens (tertiary/aromatic N) is 3. The van der Waals surface area contributed by atoms with Crippen molar-refractivity contribution >= 4 is 23.0 Å². The topological polar surface area (TPSA) is 39.4 Å². The molecule has 0 fully saturated rings. The summed E-state index contributed by atoms with van der Waals surface area (Å²) in [5.41, 5.74) is 1.42. The van der Waals surface area contributed by atoms with Crippen molar-refractivity contribution in [3.63, 3.8) is 0 Å². The Morgan fingerprint density at radius 1 is 1.67 bits per heavy atom. The van der Waals surface area contributed by atoms with Gasteiger partial charge >= 0.3 is 0 Å². The van der Waals surface area contributed by atoms with Crippen LogP contribution in [-0.2, 0) is 4.74 Å². The quantitative estimate of drug-likeness (QED) is 0.593. The van der Waals surface area contributed by atoms with Gasteiger partial charge in [-0.15, -0.1) is 0 Å². The van der Waals surface area contributed by atoms with Gasteiger partial charge in [-0.2, -0.15) is 5.10 Å². The summed E-state index contributed by atoms with van der Waals surface area (Å²) in [5.74, 6) is 0.558. The molecule has 2 aromatic rings. The maximum absolute atomic E-state index is 5.81. The van der Waals surface area contributed by atoms with Crippen LogP contribution in [0, 0.1) is 0 Å². The van der Waals surface area contributed by atoms with Crippen molar-refractivity contribution in [3.8, 4) is 0 Å². The van der Waals surface area contributed by atoms with E-state index in [1.165, 1.54) is 0 Å². The van der Waals surface area contributed by atoms with E-state index in [0.29, 0.717) is 23.2 Å². The second-order valence-corrected chi connectivity index (χ2v) is 3.32. The number of ether oxygens (including phenoxy) is 1. The molecule has 78 valence electrons. The van der Waals surface area contributed by atoms with Crippen LogP contribution in [0.15, 0.2) is 25.0 Å². The number of halogens is 1. The Balaban J connectivity index is 2.52. The van der Waals surface area contributed by atoms with Crippen LogP contribution in [0.5, 0.6) is 0 Å². The van der Waals surface area contributed by atoms with Crippen molar-refractivity contribution in [2.24, 2.45) is 0 Å². The Kier molecular flexibility index (Phi) is 2.60. The summed E-state index contributed by atoms with van der Waals surface area (Å²) in [6.07, 6.45) is 3.41. The van der Waals surface area contributed by atoms with Crippen LogP contribution in [0.4, 0.5) is 0 Å². The third-order valence-electron chi connectivity index (χ3n) is 1.95. The van der Waals surface area contributed by atoms with Crippen molar-refractivity contribution in [2.45, 2.75) is 6.92 Å². The molecule has 0 aliphatic rings. The molecule has 0 amide bonds. The number of hydrogen-bond acceptors (Lipinski definition) is 3. The normalized spacial score (nSPS) is 10.5. The van der Waals surface area contributed by atoms with Gasteiger partial charge in [-0.3, -0.25) is 0 Å². The first-order valence-corrected chi connectivity index (χ1v) is 4.92. The summed E-state index contributed by atoms with van der Waals surface area (Å²) in [5, 5.41) is 4.54. The highest BCUT2D eigenvalue weighted by atomic mass is 35.5. The molecular formula is C10H10ClN3O. The van der Waals surface area contributed by atoms with Gasteiger partial charge in [0.2, 0.25) is 0 Å². The molecule has 2 aromatic heterocycles. The van der Waals surface area contributed by atoms with E-state index in [4.69, 9.17) is 16.3 Å². The van der Waals surface area contributed by atoms with E-state index in [1.54, 1.807) is 23.0 Å². The zero-order valence-corrected chi connectivity index (χ0v) is 9.03. The number of hydrogen-bond donors (Lipinski definition) is 0. The molecule has 0 bridgehead atoms. The largest absolute Gasteiger partial charge is 0.494 e. The Hall–Kier alpha value is -1.55. The van der Waals surface area contributed by atoms with Crippen molar-refractivity contribution in [1.29, 1.82) is 0 Å². The third-order valence-corrected chi connectivity index (χ3v) is 2.16. The lowest BCUT2D eigenvalue weighted by Gasteiger charge is -2.03. The molecule has 5 heteroatoms. The molecule has 0 radical (unpaired) electrons. The molecule has 0 N–H and O–H groups in total. The van der Waals surface area contributed by atoms with Gasteiger partial charge in [0.25, 0.3) is 0 Å². The number of fused-ring (bicyclic) bond motifs is 1. The molecule has 2 heterocycles. The SMILES string of the molecule is C=C(OCC)c1cnn2ccc(Cl)nc12. The van der Waals surface area contributed by atoms with E-state index in [1.807, 2.05) is 6.92 Å². The molecule has 2 rings (SSSR count). The van der Waals surface area contributed by atoms with Gasteiger partial charge in [-0.25, -0.2) is 9.50 Å². The molecular weight excluding hydrogens is 214 g/mol. The predicted molar refractivity (Wildman–Crippen MR) is 58.7 cm³/mol. The maximum Gasteiger partial charge on any atom is 0.167 e. The van der Waals surface area contributed by atoms with Gasteiger partial charge in [-0.05, 0) is 13.0 Å². The maximum atomic E-state index is 5.81. The highest BCUT2D eigenvalue weighted by molar-refractivity contribution is 6.29. The van der Waals surface area contributed by atoms with E-state index in [-0.39, 0.29) is 0 Å². The minimum atomic E-state index is 0.425. The smallest absolute Gasteiger partial charge is 0.167 e. The van der Waals surface area contributed by atoms with Gasteiger partial charge in [-0.1, -0.05) is 18.2 Å². The van der Waals surface area contributed by atoms with E-state index in [0.717, 1.165) is 5.56 Å². The van der Waals surface area contributed by atoms with Crippen LogP contribution in [0.25, 0.3) is 11.4 Å². The highest BCUT2D eigenvalue weighted by Gasteiger charge is 2.09. The van der Waals surface area contributed by atoms with Crippen molar-refractivity contribution < 1.29 is 4.74 Å². The third kappa shape index (κ3) is 1.80. The second-order valence-electron chi connectivity index (χ2n) is 2.93. The van der Waals surface area contributed by atoms with Gasteiger partial charge in [0.1, 0.15) is 10.9 Å². The van der Waals surface area contributed by atoms with Gasteiger partial charge in [0, 0.05) is 6.20 Å². The van der Waals surface area contributed by atoms with E-state index < -0.39 is 0 Å². The van der Waals surface area contributed by atoms with Crippen molar-refractivity contribution in [3.05, 3.63) is 35.8 Å². The monoisotopic (exact) mass is 223 g/mol. The Labute approximate surface area is 92.1 Å². The Bertz CT molecular complexity index is 506. The first-order chi connectivity index (χ1) is 7.22. The fourth-order valence-electron chi connectivity index (χ4n) is 1.30. The molecule has 0 unspecified atom stereocenters. The molecule has 0 aromatic carbocycles. The molecule has 0 saturated heterocycles. The summed E-state index contributed by atoms with van der Waals surface area (Å²) in [4.78, 5) is 4.16. The summed E-state index contributed by atoms with van der Waals surface area (Å²) < 4.78 is 6.93. The van der Waals surface area contributed by atoms with E-state index in [2.05, 4.69) is 16.7 Å². The van der Waals surface area contributed by atoms with Crippen LogP contribution < -0.4 is 0 Å². The molecule has 15 heavy (non-hydrogen) atoms. The zero-order chi connectivity index (χ0) is 10.8. The van der Waals surface area contributed by atoms with E-state index in [9.17, 15) is 0 Å². The van der Waals surface area contributed by atoms with Gasteiger partial charge in [0.15, 0.2) is 5.65 Å². The number of rotatable bonds is 3. The predicted octanol–water partition coefficient (Wildman–Crippen LogP) is 2.39. The molecule has 0 atom stereocenters. The summed E-state index contributed by atoms with van der Waals surface area (Å²) >= 11 is 5.81. The van der Waals surface area contributed by atoms with Crippen LogP contribution in [0.1, 0.15) is 12.5 Å². The van der Waals surface area contributed by atoms with Gasteiger partial charge in [0.05, 0.1) is 18.4 Å². The average Bonchev–Trinajstić information content (AvgIpc) is 2.60. The summed E-state index contributed by atoms with van der Waals surface area (Å²) in [6, 6.07) is 1.68. The first-order valence-electron chi connectivity index (χ1n) is 4.54. The molecule has 0 aliphatic heterocycles. The number of aromatic nitrogens is 3. The molecule has 0 aliphatic carbocycles. The Morgan fingerprint density at radius 3 is 3.20 bits per heavy atom. The summed E-state index contributed by atoms with van der Waals surface area (Å²) in [7, 11) is 0. The standard InChI is InChI=1S/C10H10ClN3O/c1-3-15-7(2)8-6-12-14-5-4-9(11)13-10(8)14/h4-6H,2-3H2,1H3. The molecule has 0 spiro atoms. The minimum Gasteiger partial charge on any atom is -0.494 e. The van der Waals surface area contributed by atoms with Crippen LogP contribution in [0.2, 0.25) is 5.15 Å². The lowest BCUT2D eigenvalue weighted by atomic mass is 10.3. The zero-order valence-electron chi connectivity index (χ0n) is 8.27. The highest BCUT2D eigenvalue weighted by Crippen LogP contribution is 2.19. The van der Waals surface area contributed by atoms with E-state index >= 15 is 0 Å². The first kappa shape index (κ1) is 9.98. The van der Waals surface area contributed by atoms with Crippen LogP contribution in [0.3, 0.4) is 0 Å². The lowest BCUT2D eigenvalue weighted by molar-refractivity contribution is 0.299. The van der Waals surface area contributed by atoms with Crippen molar-refractivity contribution in [2.75, 3.05) is 6.61 Å². The van der Waals surface area contributed by atoms with Crippen LogP contribution in [-0.4, -0.2) is 21.2 Å². The van der Waals surface area contributed by atoms with Crippen LogP contribution >= 0.6 is 11.6 Å². The van der Waals surface area contributed by atoms with Crippen molar-refractivity contribution in [1.82, 2.24) is 14.6 Å². The fraction of sp³-hybridized carbons (Fsp3) is 0.200.